The van der Waals surface area contributed by atoms with Crippen molar-refractivity contribution >= 4 is 22.6 Å². The molecule has 1 amide bonds. The lowest BCUT2D eigenvalue weighted by atomic mass is 9.96. The second kappa shape index (κ2) is 8.49. The molecule has 0 aliphatic carbocycles. The van der Waals surface area contributed by atoms with E-state index in [1.165, 1.54) is 25.6 Å². The molecule has 0 radical (unpaired) electrons. The standard InChI is InChI=1S/C23H21F3N4O2/c1-4-17(31)29-7-9-30(10-8-29)23-14-11-13(2)18(21(26)22(14)27-12-28-23)19-16(32-3)6-5-15(24)20(19)25/h4-6,11-12H,1,7-10H2,2-3H3. The Bertz CT molecular complexity index is 1220. The van der Waals surface area contributed by atoms with Crippen molar-refractivity contribution in [2.75, 3.05) is 38.2 Å². The van der Waals surface area contributed by atoms with Crippen molar-refractivity contribution in [3.63, 3.8) is 0 Å². The van der Waals surface area contributed by atoms with Crippen molar-refractivity contribution in [3.8, 4) is 16.9 Å². The molecule has 1 aromatic heterocycles. The highest BCUT2D eigenvalue weighted by atomic mass is 19.2. The number of hydrogen-bond acceptors (Lipinski definition) is 5. The van der Waals surface area contributed by atoms with Crippen LogP contribution in [0.4, 0.5) is 19.0 Å². The number of piperazine rings is 1. The molecule has 0 saturated carbocycles. The first kappa shape index (κ1) is 21.6. The van der Waals surface area contributed by atoms with Crippen LogP contribution in [0.15, 0.2) is 37.2 Å². The van der Waals surface area contributed by atoms with Gasteiger partial charge in [-0.3, -0.25) is 4.79 Å². The molecule has 9 heteroatoms. The van der Waals surface area contributed by atoms with E-state index in [2.05, 4.69) is 16.5 Å². The molecule has 166 valence electrons. The van der Waals surface area contributed by atoms with E-state index in [0.717, 1.165) is 6.07 Å². The van der Waals surface area contributed by atoms with Gasteiger partial charge in [-0.2, -0.15) is 0 Å². The smallest absolute Gasteiger partial charge is 0.246 e. The Labute approximate surface area is 182 Å². The first-order chi connectivity index (χ1) is 15.4. The molecular formula is C23H21F3N4O2. The van der Waals surface area contributed by atoms with Gasteiger partial charge < -0.3 is 14.5 Å². The summed E-state index contributed by atoms with van der Waals surface area (Å²) in [6.07, 6.45) is 2.51. The van der Waals surface area contributed by atoms with Crippen LogP contribution in [-0.2, 0) is 4.79 Å². The molecule has 1 aliphatic heterocycles. The van der Waals surface area contributed by atoms with Gasteiger partial charge in [-0.1, -0.05) is 6.58 Å². The molecule has 32 heavy (non-hydrogen) atoms. The van der Waals surface area contributed by atoms with Crippen LogP contribution >= 0.6 is 0 Å². The van der Waals surface area contributed by atoms with Gasteiger partial charge in [-0.05, 0) is 36.8 Å². The lowest BCUT2D eigenvalue weighted by molar-refractivity contribution is -0.126. The van der Waals surface area contributed by atoms with Crippen LogP contribution in [0.25, 0.3) is 22.0 Å². The number of benzene rings is 2. The van der Waals surface area contributed by atoms with E-state index < -0.39 is 17.5 Å². The van der Waals surface area contributed by atoms with E-state index in [1.807, 2.05) is 4.90 Å². The van der Waals surface area contributed by atoms with E-state index in [0.29, 0.717) is 42.9 Å². The number of rotatable bonds is 4. The van der Waals surface area contributed by atoms with E-state index in [1.54, 1.807) is 17.9 Å². The molecule has 0 N–H and O–H groups in total. The lowest BCUT2D eigenvalue weighted by Gasteiger charge is -2.35. The predicted molar refractivity (Wildman–Crippen MR) is 115 cm³/mol. The molecule has 0 atom stereocenters. The average Bonchev–Trinajstić information content (AvgIpc) is 2.81. The van der Waals surface area contributed by atoms with Crippen molar-refractivity contribution in [3.05, 3.63) is 60.2 Å². The number of ether oxygens (including phenoxy) is 1. The summed E-state index contributed by atoms with van der Waals surface area (Å²) in [5.74, 6) is -2.69. The zero-order valence-corrected chi connectivity index (χ0v) is 17.7. The van der Waals surface area contributed by atoms with Gasteiger partial charge in [0.1, 0.15) is 23.4 Å². The van der Waals surface area contributed by atoms with Crippen molar-refractivity contribution in [1.82, 2.24) is 14.9 Å². The van der Waals surface area contributed by atoms with Gasteiger partial charge >= 0.3 is 0 Å². The molecule has 1 fully saturated rings. The number of halogens is 3. The highest BCUT2D eigenvalue weighted by Gasteiger charge is 2.26. The first-order valence-corrected chi connectivity index (χ1v) is 9.99. The van der Waals surface area contributed by atoms with Crippen LogP contribution in [0.3, 0.4) is 0 Å². The topological polar surface area (TPSA) is 58.6 Å². The molecule has 0 unspecified atom stereocenters. The van der Waals surface area contributed by atoms with Crippen LogP contribution in [-0.4, -0.2) is 54.1 Å². The summed E-state index contributed by atoms with van der Waals surface area (Å²) in [5.41, 5.74) is -0.0289. The second-order valence-electron chi connectivity index (χ2n) is 7.43. The summed E-state index contributed by atoms with van der Waals surface area (Å²) in [4.78, 5) is 23.9. The average molecular weight is 442 g/mol. The molecule has 1 aliphatic rings. The molecule has 4 rings (SSSR count). The number of amides is 1. The Hall–Kier alpha value is -3.62. The first-order valence-electron chi connectivity index (χ1n) is 9.99. The van der Waals surface area contributed by atoms with Crippen LogP contribution in [0, 0.1) is 24.4 Å². The van der Waals surface area contributed by atoms with Crippen molar-refractivity contribution in [2.24, 2.45) is 0 Å². The van der Waals surface area contributed by atoms with E-state index in [-0.39, 0.29) is 28.3 Å². The van der Waals surface area contributed by atoms with Gasteiger partial charge in [0.05, 0.1) is 12.7 Å². The number of anilines is 1. The quantitative estimate of drug-likeness (QED) is 0.575. The fourth-order valence-electron chi connectivity index (χ4n) is 4.04. The second-order valence-corrected chi connectivity index (χ2v) is 7.43. The van der Waals surface area contributed by atoms with Crippen molar-refractivity contribution < 1.29 is 22.7 Å². The number of aromatic nitrogens is 2. The van der Waals surface area contributed by atoms with Crippen molar-refractivity contribution in [2.45, 2.75) is 6.92 Å². The minimum absolute atomic E-state index is 0.00842. The molecule has 2 heterocycles. The molecule has 0 bridgehead atoms. The summed E-state index contributed by atoms with van der Waals surface area (Å²) < 4.78 is 49.5. The van der Waals surface area contributed by atoms with E-state index >= 15 is 4.39 Å². The summed E-state index contributed by atoms with van der Waals surface area (Å²) in [5, 5.41) is 0.450. The van der Waals surface area contributed by atoms with E-state index in [9.17, 15) is 13.6 Å². The number of hydrogen-bond donors (Lipinski definition) is 0. The summed E-state index contributed by atoms with van der Waals surface area (Å²) in [7, 11) is 1.31. The minimum Gasteiger partial charge on any atom is -0.496 e. The number of fused-ring (bicyclic) bond motifs is 1. The van der Waals surface area contributed by atoms with Crippen LogP contribution in [0.1, 0.15) is 5.56 Å². The number of methoxy groups -OCH3 is 1. The van der Waals surface area contributed by atoms with Gasteiger partial charge in [0.15, 0.2) is 17.5 Å². The highest BCUT2D eigenvalue weighted by Crippen LogP contribution is 2.40. The Morgan fingerprint density at radius 2 is 1.81 bits per heavy atom. The van der Waals surface area contributed by atoms with Crippen LogP contribution in [0.2, 0.25) is 0 Å². The number of carbonyl (C=O) groups excluding carboxylic acids is 1. The Kier molecular flexibility index (Phi) is 5.73. The summed E-state index contributed by atoms with van der Waals surface area (Å²) in [6, 6.07) is 3.85. The van der Waals surface area contributed by atoms with Crippen LogP contribution in [0.5, 0.6) is 5.75 Å². The third-order valence-corrected chi connectivity index (χ3v) is 5.64. The minimum atomic E-state index is -1.19. The molecule has 2 aromatic carbocycles. The zero-order valence-electron chi connectivity index (χ0n) is 17.7. The summed E-state index contributed by atoms with van der Waals surface area (Å²) >= 11 is 0. The summed E-state index contributed by atoms with van der Waals surface area (Å²) in [6.45, 7) is 7.06. The highest BCUT2D eigenvalue weighted by molar-refractivity contribution is 5.95. The maximum absolute atomic E-state index is 15.7. The molecule has 6 nitrogen and oxygen atoms in total. The van der Waals surface area contributed by atoms with Crippen LogP contribution < -0.4 is 9.64 Å². The van der Waals surface area contributed by atoms with Crippen molar-refractivity contribution in [1.29, 1.82) is 0 Å². The Morgan fingerprint density at radius 3 is 2.47 bits per heavy atom. The largest absolute Gasteiger partial charge is 0.496 e. The normalized spacial score (nSPS) is 14.0. The third kappa shape index (κ3) is 3.53. The molecule has 3 aromatic rings. The Balaban J connectivity index is 1.82. The predicted octanol–water partition coefficient (Wildman–Crippen LogP) is 3.87. The SMILES string of the molecule is C=CC(=O)N1CCN(c2ncnc3c(F)c(-c4c(OC)ccc(F)c4F)c(C)cc23)CC1. The van der Waals surface area contributed by atoms with Gasteiger partial charge in [0.25, 0.3) is 0 Å². The number of aryl methyl sites for hydroxylation is 1. The van der Waals surface area contributed by atoms with Gasteiger partial charge in [-0.25, -0.2) is 23.1 Å². The fourth-order valence-corrected chi connectivity index (χ4v) is 4.04. The number of carbonyl (C=O) groups is 1. The van der Waals surface area contributed by atoms with Gasteiger partial charge in [-0.15, -0.1) is 0 Å². The molecule has 1 saturated heterocycles. The molecular weight excluding hydrogens is 421 g/mol. The zero-order chi connectivity index (χ0) is 23.0. The van der Waals surface area contributed by atoms with E-state index in [4.69, 9.17) is 4.74 Å². The third-order valence-electron chi connectivity index (χ3n) is 5.64. The monoisotopic (exact) mass is 442 g/mol. The maximum Gasteiger partial charge on any atom is 0.246 e. The number of nitrogens with zero attached hydrogens (tertiary/aromatic N) is 4. The Morgan fingerprint density at radius 1 is 1.09 bits per heavy atom. The van der Waals surface area contributed by atoms with Gasteiger partial charge in [0, 0.05) is 37.1 Å². The van der Waals surface area contributed by atoms with Gasteiger partial charge in [0.2, 0.25) is 5.91 Å². The molecule has 0 spiro atoms. The fraction of sp³-hybridized carbons (Fsp3) is 0.261. The maximum atomic E-state index is 15.7. The lowest BCUT2D eigenvalue weighted by Crippen LogP contribution is -2.48.